The maximum atomic E-state index is 13.1. The van der Waals surface area contributed by atoms with Crippen LogP contribution in [0.15, 0.2) is 18.2 Å². The molecule has 1 aromatic rings. The molecule has 0 spiro atoms. The first kappa shape index (κ1) is 16.9. The van der Waals surface area contributed by atoms with Gasteiger partial charge in [0.1, 0.15) is 5.82 Å². The number of rotatable bonds is 9. The van der Waals surface area contributed by atoms with Gasteiger partial charge in [-0.05, 0) is 63.0 Å². The van der Waals surface area contributed by atoms with Crippen LogP contribution < -0.4 is 10.0 Å². The third kappa shape index (κ3) is 6.34. The minimum Gasteiger partial charge on any atom is -0.317 e. The molecule has 20 heavy (non-hydrogen) atoms. The standard InChI is InChI=1S/C14H23FN2O2S/c1-3-8-16-9-4-5-10-20(18,19)17-13-6-7-14(15)12(2)11-13/h6-7,11,16-17H,3-5,8-10H2,1-2H3. The highest BCUT2D eigenvalue weighted by molar-refractivity contribution is 7.92. The van der Waals surface area contributed by atoms with Gasteiger partial charge >= 0.3 is 0 Å². The van der Waals surface area contributed by atoms with Crippen LogP contribution in [0.25, 0.3) is 0 Å². The maximum Gasteiger partial charge on any atom is 0.232 e. The molecule has 1 rings (SSSR count). The van der Waals surface area contributed by atoms with E-state index in [0.717, 1.165) is 25.9 Å². The van der Waals surface area contributed by atoms with E-state index in [-0.39, 0.29) is 11.6 Å². The Balaban J connectivity index is 2.39. The van der Waals surface area contributed by atoms with Crippen LogP contribution in [0.2, 0.25) is 0 Å². The van der Waals surface area contributed by atoms with Crippen molar-refractivity contribution in [1.29, 1.82) is 0 Å². The van der Waals surface area contributed by atoms with Gasteiger partial charge in [-0.25, -0.2) is 12.8 Å². The van der Waals surface area contributed by atoms with E-state index >= 15 is 0 Å². The van der Waals surface area contributed by atoms with E-state index in [4.69, 9.17) is 0 Å². The number of sulfonamides is 1. The lowest BCUT2D eigenvalue weighted by atomic mass is 10.2. The first-order chi connectivity index (χ1) is 9.44. The lowest BCUT2D eigenvalue weighted by molar-refractivity contribution is 0.590. The fourth-order valence-electron chi connectivity index (χ4n) is 1.78. The quantitative estimate of drug-likeness (QED) is 0.690. The van der Waals surface area contributed by atoms with E-state index in [1.807, 2.05) is 0 Å². The van der Waals surface area contributed by atoms with Crippen molar-refractivity contribution >= 4 is 15.7 Å². The largest absolute Gasteiger partial charge is 0.317 e. The lowest BCUT2D eigenvalue weighted by Crippen LogP contribution is -2.20. The van der Waals surface area contributed by atoms with E-state index < -0.39 is 10.0 Å². The van der Waals surface area contributed by atoms with E-state index in [2.05, 4.69) is 17.0 Å². The molecule has 1 aromatic carbocycles. The van der Waals surface area contributed by atoms with E-state index in [1.54, 1.807) is 6.92 Å². The summed E-state index contributed by atoms with van der Waals surface area (Å²) >= 11 is 0. The van der Waals surface area contributed by atoms with Crippen LogP contribution in [-0.4, -0.2) is 27.3 Å². The number of benzene rings is 1. The van der Waals surface area contributed by atoms with Gasteiger partial charge in [-0.15, -0.1) is 0 Å². The maximum absolute atomic E-state index is 13.1. The molecule has 0 radical (unpaired) electrons. The molecule has 0 aliphatic heterocycles. The Bertz CT molecular complexity index is 518. The van der Waals surface area contributed by atoms with Crippen molar-refractivity contribution in [2.24, 2.45) is 0 Å². The second kappa shape index (κ2) is 8.21. The summed E-state index contributed by atoms with van der Waals surface area (Å²) in [5.41, 5.74) is 0.835. The summed E-state index contributed by atoms with van der Waals surface area (Å²) in [4.78, 5) is 0. The SMILES string of the molecule is CCCNCCCCS(=O)(=O)Nc1ccc(F)c(C)c1. The van der Waals surface area contributed by atoms with Crippen LogP contribution >= 0.6 is 0 Å². The normalized spacial score (nSPS) is 11.6. The second-order valence-electron chi connectivity index (χ2n) is 4.84. The Morgan fingerprint density at radius 1 is 1.20 bits per heavy atom. The molecule has 2 N–H and O–H groups in total. The number of hydrogen-bond donors (Lipinski definition) is 2. The molecule has 0 atom stereocenters. The van der Waals surface area contributed by atoms with Crippen molar-refractivity contribution < 1.29 is 12.8 Å². The lowest BCUT2D eigenvalue weighted by Gasteiger charge is -2.09. The Morgan fingerprint density at radius 2 is 1.95 bits per heavy atom. The highest BCUT2D eigenvalue weighted by Crippen LogP contribution is 2.15. The molecule has 0 fully saturated rings. The van der Waals surface area contributed by atoms with Crippen molar-refractivity contribution in [2.75, 3.05) is 23.6 Å². The number of hydrogen-bond acceptors (Lipinski definition) is 3. The molecule has 114 valence electrons. The fourth-order valence-corrected chi connectivity index (χ4v) is 2.95. The Hall–Kier alpha value is -1.14. The number of anilines is 1. The Kier molecular flexibility index (Phi) is 6.95. The first-order valence-electron chi connectivity index (χ1n) is 6.92. The van der Waals surface area contributed by atoms with E-state index in [1.165, 1.54) is 18.2 Å². The van der Waals surface area contributed by atoms with Crippen LogP contribution in [0.1, 0.15) is 31.7 Å². The van der Waals surface area contributed by atoms with Crippen LogP contribution in [0.4, 0.5) is 10.1 Å². The minimum atomic E-state index is -3.36. The minimum absolute atomic E-state index is 0.0806. The highest BCUT2D eigenvalue weighted by atomic mass is 32.2. The van der Waals surface area contributed by atoms with Crippen molar-refractivity contribution in [3.05, 3.63) is 29.6 Å². The third-order valence-electron chi connectivity index (χ3n) is 2.87. The zero-order chi connectivity index (χ0) is 15.0. The van der Waals surface area contributed by atoms with Crippen molar-refractivity contribution in [1.82, 2.24) is 5.32 Å². The van der Waals surface area contributed by atoms with Gasteiger partial charge in [0.25, 0.3) is 0 Å². The summed E-state index contributed by atoms with van der Waals surface area (Å²) in [7, 11) is -3.36. The van der Waals surface area contributed by atoms with Gasteiger partial charge in [0.2, 0.25) is 10.0 Å². The second-order valence-corrected chi connectivity index (χ2v) is 6.68. The number of halogens is 1. The van der Waals surface area contributed by atoms with Gasteiger partial charge in [-0.1, -0.05) is 6.92 Å². The molecule has 0 saturated carbocycles. The van der Waals surface area contributed by atoms with Crippen LogP contribution in [0.5, 0.6) is 0 Å². The first-order valence-corrected chi connectivity index (χ1v) is 8.57. The number of aryl methyl sites for hydroxylation is 1. The predicted molar refractivity (Wildman–Crippen MR) is 80.9 cm³/mol. The molecule has 0 heterocycles. The van der Waals surface area contributed by atoms with Crippen molar-refractivity contribution in [3.8, 4) is 0 Å². The molecular formula is C14H23FN2O2S. The van der Waals surface area contributed by atoms with Gasteiger partial charge in [0.05, 0.1) is 5.75 Å². The summed E-state index contributed by atoms with van der Waals surface area (Å²) in [5.74, 6) is -0.257. The van der Waals surface area contributed by atoms with Crippen molar-refractivity contribution in [3.63, 3.8) is 0 Å². The Labute approximate surface area is 120 Å². The van der Waals surface area contributed by atoms with Gasteiger partial charge in [-0.3, -0.25) is 4.72 Å². The number of unbranched alkanes of at least 4 members (excludes halogenated alkanes) is 1. The van der Waals surface area contributed by atoms with Crippen LogP contribution in [0.3, 0.4) is 0 Å². The summed E-state index contributed by atoms with van der Waals surface area (Å²) in [5, 5.41) is 3.23. The summed E-state index contributed by atoms with van der Waals surface area (Å²) in [6.45, 7) is 5.48. The molecule has 0 amide bonds. The average molecular weight is 302 g/mol. The smallest absolute Gasteiger partial charge is 0.232 e. The van der Waals surface area contributed by atoms with Crippen LogP contribution in [-0.2, 0) is 10.0 Å². The van der Waals surface area contributed by atoms with Gasteiger partial charge in [0, 0.05) is 5.69 Å². The topological polar surface area (TPSA) is 58.2 Å². The van der Waals surface area contributed by atoms with E-state index in [9.17, 15) is 12.8 Å². The molecular weight excluding hydrogens is 279 g/mol. The van der Waals surface area contributed by atoms with Gasteiger partial charge < -0.3 is 5.32 Å². The molecule has 0 bridgehead atoms. The van der Waals surface area contributed by atoms with E-state index in [0.29, 0.717) is 17.7 Å². The molecule has 6 heteroatoms. The zero-order valence-corrected chi connectivity index (χ0v) is 12.9. The Morgan fingerprint density at radius 3 is 2.60 bits per heavy atom. The average Bonchev–Trinajstić information content (AvgIpc) is 2.38. The summed E-state index contributed by atoms with van der Waals surface area (Å²) < 4.78 is 39.3. The molecule has 0 unspecified atom stereocenters. The zero-order valence-electron chi connectivity index (χ0n) is 12.1. The van der Waals surface area contributed by atoms with Gasteiger partial charge in [-0.2, -0.15) is 0 Å². The molecule has 0 aliphatic rings. The highest BCUT2D eigenvalue weighted by Gasteiger charge is 2.10. The van der Waals surface area contributed by atoms with Gasteiger partial charge in [0.15, 0.2) is 0 Å². The third-order valence-corrected chi connectivity index (χ3v) is 4.25. The molecule has 0 aliphatic carbocycles. The summed E-state index contributed by atoms with van der Waals surface area (Å²) in [6.07, 6.45) is 2.50. The van der Waals surface area contributed by atoms with Crippen LogP contribution in [0, 0.1) is 12.7 Å². The van der Waals surface area contributed by atoms with Crippen molar-refractivity contribution in [2.45, 2.75) is 33.1 Å². The molecule has 4 nitrogen and oxygen atoms in total. The predicted octanol–water partition coefficient (Wildman–Crippen LogP) is 2.66. The molecule has 0 saturated heterocycles. The molecule has 0 aromatic heterocycles. The monoisotopic (exact) mass is 302 g/mol. The summed E-state index contributed by atoms with van der Waals surface area (Å²) in [6, 6.07) is 4.19. The number of nitrogens with one attached hydrogen (secondary N) is 2. The fraction of sp³-hybridized carbons (Fsp3) is 0.571.